The first-order chi connectivity index (χ1) is 10.2. The number of aromatic amines is 2. The number of hydrogen-bond donors (Lipinski definition) is 2. The van der Waals surface area contributed by atoms with Crippen molar-refractivity contribution >= 4 is 11.4 Å². The van der Waals surface area contributed by atoms with Crippen molar-refractivity contribution in [3.05, 3.63) is 70.8 Å². The average Bonchev–Trinajstić information content (AvgIpc) is 2.88. The quantitative estimate of drug-likeness (QED) is 0.702. The van der Waals surface area contributed by atoms with Crippen LogP contribution >= 0.6 is 0 Å². The number of nitrogens with zero attached hydrogens (tertiary/aromatic N) is 2. The minimum Gasteiger partial charge on any atom is -0.295 e. The lowest BCUT2D eigenvalue weighted by atomic mass is 10.1. The van der Waals surface area contributed by atoms with Crippen molar-refractivity contribution in [2.45, 2.75) is 0 Å². The van der Waals surface area contributed by atoms with Crippen molar-refractivity contribution < 1.29 is 4.39 Å². The minimum atomic E-state index is -0.381. The first kappa shape index (κ1) is 13.0. The van der Waals surface area contributed by atoms with Crippen LogP contribution in [0.5, 0.6) is 0 Å². The molecule has 0 spiro atoms. The molecule has 0 saturated carbocycles. The minimum absolute atomic E-state index is 0.158. The van der Waals surface area contributed by atoms with E-state index in [1.54, 1.807) is 24.3 Å². The summed E-state index contributed by atoms with van der Waals surface area (Å²) in [7, 11) is 0. The lowest BCUT2D eigenvalue weighted by Gasteiger charge is -1.98. The largest absolute Gasteiger partial charge is 0.295 e. The third kappa shape index (κ3) is 2.79. The van der Waals surface area contributed by atoms with Crippen LogP contribution in [0.1, 0.15) is 0 Å². The molecule has 0 aliphatic carbocycles. The lowest BCUT2D eigenvalue weighted by molar-refractivity contribution is 0.628. The summed E-state index contributed by atoms with van der Waals surface area (Å²) in [6, 6.07) is 14.9. The normalized spacial score (nSPS) is 11.1. The van der Waals surface area contributed by atoms with E-state index in [4.69, 9.17) is 0 Å². The van der Waals surface area contributed by atoms with Crippen molar-refractivity contribution in [1.29, 1.82) is 0 Å². The van der Waals surface area contributed by atoms with Crippen LogP contribution in [0.15, 0.2) is 69.6 Å². The van der Waals surface area contributed by atoms with E-state index >= 15 is 0 Å². The van der Waals surface area contributed by atoms with Gasteiger partial charge in [-0.1, -0.05) is 18.2 Å². The first-order valence-corrected chi connectivity index (χ1v) is 6.27. The van der Waals surface area contributed by atoms with E-state index < -0.39 is 0 Å². The summed E-state index contributed by atoms with van der Waals surface area (Å²) in [5, 5.41) is 13.2. The number of nitrogens with one attached hydrogen (secondary N) is 2. The van der Waals surface area contributed by atoms with Gasteiger partial charge in [-0.15, -0.1) is 5.11 Å². The lowest BCUT2D eigenvalue weighted by Crippen LogP contribution is -1.96. The summed E-state index contributed by atoms with van der Waals surface area (Å²) < 4.78 is 13.0. The number of halogens is 1. The molecular formula is C15H11FN4O. The zero-order chi connectivity index (χ0) is 14.7. The molecule has 0 unspecified atom stereocenters. The molecule has 0 amide bonds. The van der Waals surface area contributed by atoms with Crippen molar-refractivity contribution in [2.75, 3.05) is 0 Å². The second-order valence-electron chi connectivity index (χ2n) is 4.35. The summed E-state index contributed by atoms with van der Waals surface area (Å²) in [6.45, 7) is 0. The molecule has 2 N–H and O–H groups in total. The molecule has 3 aromatic rings. The molecule has 0 fully saturated rings. The van der Waals surface area contributed by atoms with Crippen molar-refractivity contribution in [3.8, 4) is 11.3 Å². The Kier molecular flexibility index (Phi) is 3.42. The first-order valence-electron chi connectivity index (χ1n) is 6.27. The fraction of sp³-hybridized carbons (Fsp3) is 0. The second kappa shape index (κ2) is 5.54. The highest BCUT2D eigenvalue weighted by Crippen LogP contribution is 2.26. The van der Waals surface area contributed by atoms with Gasteiger partial charge in [-0.25, -0.2) is 4.39 Å². The Morgan fingerprint density at radius 2 is 1.57 bits per heavy atom. The summed E-state index contributed by atoms with van der Waals surface area (Å²) in [5.74, 6) is -0.343. The molecule has 1 heterocycles. The fourth-order valence-corrected chi connectivity index (χ4v) is 1.87. The standard InChI is InChI=1S/C15H11FN4O/c16-11-8-6-10(7-9-11)13-14(15(21)20-18-13)19-17-12-4-2-1-3-5-12/h1-9H,(H2,18,20,21). The summed E-state index contributed by atoms with van der Waals surface area (Å²) in [6.07, 6.45) is 0. The van der Waals surface area contributed by atoms with Crippen LogP contribution in [0.4, 0.5) is 15.8 Å². The van der Waals surface area contributed by atoms with Gasteiger partial charge in [0.1, 0.15) is 5.82 Å². The molecule has 0 aliphatic rings. The zero-order valence-electron chi connectivity index (χ0n) is 10.9. The molecule has 1 aromatic heterocycles. The van der Waals surface area contributed by atoms with E-state index in [0.717, 1.165) is 0 Å². The van der Waals surface area contributed by atoms with E-state index in [0.29, 0.717) is 16.9 Å². The molecule has 0 atom stereocenters. The number of hydrogen-bond acceptors (Lipinski definition) is 3. The van der Waals surface area contributed by atoms with Crippen molar-refractivity contribution in [2.24, 2.45) is 10.2 Å². The molecule has 104 valence electrons. The summed E-state index contributed by atoms with van der Waals surface area (Å²) in [5.41, 5.74) is 1.54. The van der Waals surface area contributed by atoms with Gasteiger partial charge in [-0.3, -0.25) is 15.0 Å². The summed E-state index contributed by atoms with van der Waals surface area (Å²) in [4.78, 5) is 11.8. The summed E-state index contributed by atoms with van der Waals surface area (Å²) >= 11 is 0. The SMILES string of the molecule is O=c1[nH][nH]c(-c2ccc(F)cc2)c1N=Nc1ccccc1. The smallest absolute Gasteiger partial charge is 0.292 e. The Bertz CT molecular complexity index is 819. The van der Waals surface area contributed by atoms with E-state index in [-0.39, 0.29) is 17.1 Å². The van der Waals surface area contributed by atoms with Crippen molar-refractivity contribution in [3.63, 3.8) is 0 Å². The predicted molar refractivity (Wildman–Crippen MR) is 77.4 cm³/mol. The average molecular weight is 282 g/mol. The van der Waals surface area contributed by atoms with Crippen LogP contribution in [-0.2, 0) is 0 Å². The Morgan fingerprint density at radius 1 is 0.857 bits per heavy atom. The van der Waals surface area contributed by atoms with Gasteiger partial charge in [-0.2, -0.15) is 5.11 Å². The molecule has 5 nitrogen and oxygen atoms in total. The molecule has 3 rings (SSSR count). The van der Waals surface area contributed by atoms with Gasteiger partial charge in [0.25, 0.3) is 5.56 Å². The highest BCUT2D eigenvalue weighted by molar-refractivity contribution is 5.71. The van der Waals surface area contributed by atoms with Gasteiger partial charge in [0.2, 0.25) is 0 Å². The molecular weight excluding hydrogens is 271 g/mol. The number of benzene rings is 2. The Hall–Kier alpha value is -3.02. The van der Waals surface area contributed by atoms with Crippen LogP contribution < -0.4 is 5.56 Å². The number of H-pyrrole nitrogens is 2. The van der Waals surface area contributed by atoms with Crippen LogP contribution in [0.2, 0.25) is 0 Å². The van der Waals surface area contributed by atoms with E-state index in [1.165, 1.54) is 12.1 Å². The van der Waals surface area contributed by atoms with E-state index in [2.05, 4.69) is 20.4 Å². The Labute approximate surface area is 119 Å². The third-order valence-corrected chi connectivity index (χ3v) is 2.91. The van der Waals surface area contributed by atoms with Crippen LogP contribution in [0.25, 0.3) is 11.3 Å². The van der Waals surface area contributed by atoms with Gasteiger partial charge < -0.3 is 0 Å². The van der Waals surface area contributed by atoms with E-state index in [1.807, 2.05) is 18.2 Å². The molecule has 2 aromatic carbocycles. The van der Waals surface area contributed by atoms with Gasteiger partial charge in [0.05, 0.1) is 11.4 Å². The molecule has 0 saturated heterocycles. The maximum Gasteiger partial charge on any atom is 0.292 e. The number of rotatable bonds is 3. The van der Waals surface area contributed by atoms with E-state index in [9.17, 15) is 9.18 Å². The number of azo groups is 1. The monoisotopic (exact) mass is 282 g/mol. The molecule has 0 radical (unpaired) electrons. The van der Waals surface area contributed by atoms with Crippen molar-refractivity contribution in [1.82, 2.24) is 10.2 Å². The predicted octanol–water partition coefficient (Wildman–Crippen LogP) is 3.92. The van der Waals surface area contributed by atoms with Crippen LogP contribution in [0, 0.1) is 5.82 Å². The highest BCUT2D eigenvalue weighted by atomic mass is 19.1. The van der Waals surface area contributed by atoms with Crippen LogP contribution in [0.3, 0.4) is 0 Å². The maximum absolute atomic E-state index is 13.0. The fourth-order valence-electron chi connectivity index (χ4n) is 1.87. The second-order valence-corrected chi connectivity index (χ2v) is 4.35. The molecule has 21 heavy (non-hydrogen) atoms. The van der Waals surface area contributed by atoms with Crippen LogP contribution in [-0.4, -0.2) is 10.2 Å². The highest BCUT2D eigenvalue weighted by Gasteiger charge is 2.11. The molecule has 0 bridgehead atoms. The third-order valence-electron chi connectivity index (χ3n) is 2.91. The Balaban J connectivity index is 2.00. The molecule has 6 heteroatoms. The zero-order valence-corrected chi connectivity index (χ0v) is 10.9. The van der Waals surface area contributed by atoms with Gasteiger partial charge in [-0.05, 0) is 36.4 Å². The van der Waals surface area contributed by atoms with Gasteiger partial charge in [0, 0.05) is 5.56 Å². The molecule has 0 aliphatic heterocycles. The van der Waals surface area contributed by atoms with Gasteiger partial charge in [0.15, 0.2) is 5.69 Å². The Morgan fingerprint density at radius 3 is 2.29 bits per heavy atom. The topological polar surface area (TPSA) is 73.4 Å². The maximum atomic E-state index is 13.0. The van der Waals surface area contributed by atoms with Gasteiger partial charge >= 0.3 is 0 Å². The number of aromatic nitrogens is 2.